The van der Waals surface area contributed by atoms with Crippen LogP contribution in [-0.4, -0.2) is 0 Å². The Morgan fingerprint density at radius 3 is 2.29 bits per heavy atom. The first-order valence-electron chi connectivity index (χ1n) is 1.72. The van der Waals surface area contributed by atoms with Gasteiger partial charge in [0, 0.05) is 0 Å². The predicted octanol–water partition coefficient (Wildman–Crippen LogP) is 1.36. The summed E-state index contributed by atoms with van der Waals surface area (Å²) in [6.45, 7) is 0. The summed E-state index contributed by atoms with van der Waals surface area (Å²) in [5.74, 6) is 0. The van der Waals surface area contributed by atoms with Gasteiger partial charge in [0.05, 0.1) is 0 Å². The Balaban J connectivity index is 0. The van der Waals surface area contributed by atoms with Gasteiger partial charge in [0.15, 0.2) is 0 Å². The van der Waals surface area contributed by atoms with Gasteiger partial charge in [0.1, 0.15) is 0 Å². The van der Waals surface area contributed by atoms with Crippen molar-refractivity contribution >= 4 is 9.90 Å². The van der Waals surface area contributed by atoms with E-state index in [4.69, 9.17) is 0 Å². The zero-order chi connectivity index (χ0) is 3.54. The zero-order valence-electron chi connectivity index (χ0n) is 3.95. The topological polar surface area (TPSA) is 0 Å². The Bertz CT molecular complexity index is 66.1. The first-order valence-corrected chi connectivity index (χ1v) is 1.72. The fourth-order valence-electron chi connectivity index (χ4n) is 0.340. The van der Waals surface area contributed by atoms with E-state index >= 15 is 0 Å². The van der Waals surface area contributed by atoms with Crippen LogP contribution in [0.3, 0.4) is 0 Å². The second-order valence-corrected chi connectivity index (χ2v) is 1.00. The molecule has 0 heterocycles. The second-order valence-electron chi connectivity index (χ2n) is 1.00. The summed E-state index contributed by atoms with van der Waals surface area (Å²) in [5, 5.41) is 0. The average molecular weight is 163 g/mol. The first kappa shape index (κ1) is 10.4. The van der Waals surface area contributed by atoms with Gasteiger partial charge in [-0.15, -0.1) is 6.42 Å². The molecule has 0 aliphatic heterocycles. The van der Waals surface area contributed by atoms with E-state index in [1.165, 1.54) is 0 Å². The van der Waals surface area contributed by atoms with Gasteiger partial charge in [-0.3, -0.25) is 6.08 Å². The Morgan fingerprint density at radius 2 is 2.14 bits per heavy atom. The van der Waals surface area contributed by atoms with Crippen molar-refractivity contribution in [3.63, 3.8) is 0 Å². The molecule has 0 fully saturated rings. The molecule has 0 spiro atoms. The van der Waals surface area contributed by atoms with Crippen molar-refractivity contribution < 1.29 is 17.1 Å². The molecule has 1 rings (SSSR count). The summed E-state index contributed by atoms with van der Waals surface area (Å²) >= 11 is 0. The minimum atomic E-state index is 0. The molecule has 44 valence electrons. The van der Waals surface area contributed by atoms with Crippen LogP contribution in [0.5, 0.6) is 0 Å². The maximum atomic E-state index is 2.99. The van der Waals surface area contributed by atoms with Crippen LogP contribution in [0.15, 0.2) is 18.2 Å². The van der Waals surface area contributed by atoms with Crippen molar-refractivity contribution in [2.45, 2.75) is 6.42 Å². The molecule has 0 nitrogen and oxygen atoms in total. The average Bonchev–Trinajstić information content (AvgIpc) is 1.76. The minimum absolute atomic E-state index is 0. The van der Waals surface area contributed by atoms with Crippen molar-refractivity contribution in [2.24, 2.45) is 0 Å². The van der Waals surface area contributed by atoms with E-state index in [2.05, 4.69) is 12.2 Å². The molecule has 7 heavy (non-hydrogen) atoms. The summed E-state index contributed by atoms with van der Waals surface area (Å²) in [6, 6.07) is 0. The van der Waals surface area contributed by atoms with Gasteiger partial charge in [-0.1, -0.05) is 0 Å². The quantitative estimate of drug-likeness (QED) is 0.287. The van der Waals surface area contributed by atoms with Crippen LogP contribution in [0.1, 0.15) is 6.42 Å². The zero-order valence-corrected chi connectivity index (χ0v) is 6.30. The van der Waals surface area contributed by atoms with E-state index in [1.807, 2.05) is 12.2 Å². The first-order chi connectivity index (χ1) is 2.50. The predicted molar refractivity (Wildman–Crippen MR) is 32.7 cm³/mol. The molecular weight excluding hydrogens is 155 g/mol. The molecule has 1 aliphatic carbocycles. The Hall–Kier alpha value is 0.429. The van der Waals surface area contributed by atoms with Crippen LogP contribution in [0.4, 0.5) is 0 Å². The van der Waals surface area contributed by atoms with Gasteiger partial charge in [-0.25, -0.2) is 12.2 Å². The molecule has 0 bridgehead atoms. The largest absolute Gasteiger partial charge is 1.00 e. The standard InChI is InChI=1S/C5H5.Cu.H3P/c1-2-4-5-3-1;;/h1-3H,4H2;;1H3/q-1;+1;. The van der Waals surface area contributed by atoms with Gasteiger partial charge in [-0.2, -0.15) is 16.0 Å². The molecule has 1 unspecified atom stereocenters. The third-order valence-electron chi connectivity index (χ3n) is 0.586. The van der Waals surface area contributed by atoms with Crippen LogP contribution < -0.4 is 0 Å². The van der Waals surface area contributed by atoms with E-state index < -0.39 is 0 Å². The van der Waals surface area contributed by atoms with Gasteiger partial charge in [0.2, 0.25) is 0 Å². The van der Waals surface area contributed by atoms with E-state index in [0.717, 1.165) is 6.42 Å². The van der Waals surface area contributed by atoms with E-state index in [1.54, 1.807) is 0 Å². The van der Waals surface area contributed by atoms with Crippen LogP contribution >= 0.6 is 9.90 Å². The van der Waals surface area contributed by atoms with Crippen LogP contribution in [0, 0.1) is 6.08 Å². The Kier molecular flexibility index (Phi) is 9.57. The molecule has 0 N–H and O–H groups in total. The van der Waals surface area contributed by atoms with Crippen LogP contribution in [-0.2, 0) is 17.1 Å². The summed E-state index contributed by atoms with van der Waals surface area (Å²) in [6.07, 6.45) is 10.0. The molecular formula is C5H8CuP. The molecule has 0 saturated heterocycles. The van der Waals surface area contributed by atoms with E-state index in [0.29, 0.717) is 0 Å². The Labute approximate surface area is 58.2 Å². The molecule has 1 aliphatic rings. The van der Waals surface area contributed by atoms with Gasteiger partial charge in [-0.05, 0) is 0 Å². The van der Waals surface area contributed by atoms with Crippen LogP contribution in [0.2, 0.25) is 0 Å². The molecule has 0 amide bonds. The summed E-state index contributed by atoms with van der Waals surface area (Å²) in [7, 11) is 0. The fraction of sp³-hybridized carbons (Fsp3) is 0.200. The number of hydrogen-bond acceptors (Lipinski definition) is 0. The van der Waals surface area contributed by atoms with Gasteiger partial charge < -0.3 is 0 Å². The van der Waals surface area contributed by atoms with Crippen LogP contribution in [0.25, 0.3) is 0 Å². The van der Waals surface area contributed by atoms with E-state index in [-0.39, 0.29) is 27.0 Å². The summed E-state index contributed by atoms with van der Waals surface area (Å²) < 4.78 is 0. The fourth-order valence-corrected chi connectivity index (χ4v) is 0.340. The Morgan fingerprint density at radius 1 is 1.43 bits per heavy atom. The maximum Gasteiger partial charge on any atom is 1.00 e. The number of hydrogen-bond donors (Lipinski definition) is 0. The third kappa shape index (κ3) is 4.28. The van der Waals surface area contributed by atoms with Crippen molar-refractivity contribution in [2.75, 3.05) is 0 Å². The van der Waals surface area contributed by atoms with E-state index in [9.17, 15) is 0 Å². The molecule has 1 atom stereocenters. The van der Waals surface area contributed by atoms with Crippen molar-refractivity contribution in [3.8, 4) is 0 Å². The molecule has 0 aromatic heterocycles. The van der Waals surface area contributed by atoms with Gasteiger partial charge in [0.25, 0.3) is 0 Å². The minimum Gasteiger partial charge on any atom is -0.273 e. The monoisotopic (exact) mass is 162 g/mol. The molecule has 0 aromatic rings. The number of allylic oxidation sites excluding steroid dienone is 4. The molecule has 0 aromatic carbocycles. The maximum absolute atomic E-state index is 2.99. The molecule has 0 radical (unpaired) electrons. The normalized spacial score (nSPS) is 12.6. The SMILES string of the molecule is P.[C-]1=CC=CC1.[Cu+]. The molecule has 2 heteroatoms. The smallest absolute Gasteiger partial charge is 0.273 e. The number of rotatable bonds is 0. The second kappa shape index (κ2) is 6.43. The van der Waals surface area contributed by atoms with Crippen molar-refractivity contribution in [1.29, 1.82) is 0 Å². The summed E-state index contributed by atoms with van der Waals surface area (Å²) in [5.41, 5.74) is 0. The molecule has 0 saturated carbocycles. The third-order valence-corrected chi connectivity index (χ3v) is 0.586. The van der Waals surface area contributed by atoms with Crippen molar-refractivity contribution in [1.82, 2.24) is 0 Å². The van der Waals surface area contributed by atoms with Crippen molar-refractivity contribution in [3.05, 3.63) is 24.3 Å². The van der Waals surface area contributed by atoms with Gasteiger partial charge >= 0.3 is 17.1 Å². The summed E-state index contributed by atoms with van der Waals surface area (Å²) in [4.78, 5) is 0.